The van der Waals surface area contributed by atoms with Crippen LogP contribution in [0.5, 0.6) is 0 Å². The molecule has 90 valence electrons. The van der Waals surface area contributed by atoms with Gasteiger partial charge < -0.3 is 10.2 Å². The Bertz CT molecular complexity index is 899. The number of carbonyl (C=O) groups excluding carboxylic acids is 1. The van der Waals surface area contributed by atoms with E-state index in [9.17, 15) is 4.79 Å². The van der Waals surface area contributed by atoms with Crippen LogP contribution in [0.15, 0.2) is 30.5 Å². The lowest BCUT2D eigenvalue weighted by Gasteiger charge is -2.18. The summed E-state index contributed by atoms with van der Waals surface area (Å²) in [7, 11) is 1.46. The lowest BCUT2D eigenvalue weighted by Crippen LogP contribution is -2.14. The minimum Gasteiger partial charge on any atom is -0.318 e. The molecule has 1 aliphatic rings. The third-order valence-electron chi connectivity index (χ3n) is 2.60. The number of hydrogen-bond acceptors (Lipinski definition) is 4. The molecule has 0 fully saturated rings. The number of rotatable bonds is 0. The number of pyridine rings is 2. The molecule has 18 heavy (non-hydrogen) atoms. The molecule has 2 aromatic heterocycles. The fraction of sp³-hybridized carbons (Fsp3) is 0.154. The highest BCUT2D eigenvalue weighted by molar-refractivity contribution is 6.11. The van der Waals surface area contributed by atoms with Crippen LogP contribution in [0, 0.1) is 6.85 Å². The third kappa shape index (κ3) is 1.44. The van der Waals surface area contributed by atoms with Crippen molar-refractivity contribution in [1.29, 1.82) is 0 Å². The van der Waals surface area contributed by atoms with Crippen LogP contribution in [-0.2, 0) is 0 Å². The molecule has 0 radical (unpaired) electrons. The molecule has 3 heterocycles. The Kier molecular flexibility index (Phi) is 1.16. The van der Waals surface area contributed by atoms with Crippen molar-refractivity contribution in [2.24, 2.45) is 0 Å². The van der Waals surface area contributed by atoms with E-state index in [4.69, 9.17) is 9.64 Å². The summed E-state index contributed by atoms with van der Waals surface area (Å²) in [6, 6.07) is 0.496. The van der Waals surface area contributed by atoms with Gasteiger partial charge >= 0.3 is 0 Å². The number of aromatic nitrogens is 2. The normalized spacial score (nSPS) is 20.3. The minimum atomic E-state index is -2.83. The molecule has 1 amide bonds. The van der Waals surface area contributed by atoms with Crippen LogP contribution in [0.3, 0.4) is 0 Å². The number of carbonyl (C=O) groups is 1. The molecule has 1 N–H and O–H groups in total. The second-order valence-electron chi connectivity index (χ2n) is 3.68. The molecule has 0 saturated heterocycles. The van der Waals surface area contributed by atoms with Crippen LogP contribution in [0.4, 0.5) is 17.3 Å². The van der Waals surface area contributed by atoms with Gasteiger partial charge in [-0.1, -0.05) is 0 Å². The van der Waals surface area contributed by atoms with Crippen LogP contribution in [0.2, 0.25) is 1.41 Å². The van der Waals surface area contributed by atoms with Crippen LogP contribution in [0.1, 0.15) is 24.1 Å². The van der Waals surface area contributed by atoms with Gasteiger partial charge in [-0.15, -0.1) is 0 Å². The standard InChI is InChI=1S/C13H12N4O/c1-8-5-7-15-12-10(8)16-13(18)9-4-3-6-14-11(9)17(12)2/h3-7H,1-2H3,(H,16,18)/i1D3,3D,5D,7D/hD. The summed E-state index contributed by atoms with van der Waals surface area (Å²) >= 11 is 0. The van der Waals surface area contributed by atoms with Crippen molar-refractivity contribution in [3.05, 3.63) is 41.6 Å². The van der Waals surface area contributed by atoms with E-state index in [1.807, 2.05) is 0 Å². The molecule has 5 heteroatoms. The highest BCUT2D eigenvalue weighted by atomic mass is 16.1. The molecular formula is C13H12N4O. The molecule has 0 atom stereocenters. The summed E-state index contributed by atoms with van der Waals surface area (Å²) in [5, 5.41) is 0.338. The quantitative estimate of drug-likeness (QED) is 0.774. The van der Waals surface area contributed by atoms with Gasteiger partial charge in [0.1, 0.15) is 5.82 Å². The molecule has 0 unspecified atom stereocenters. The molecule has 1 aliphatic heterocycles. The Labute approximate surface area is 114 Å². The molecule has 2 aromatic rings. The first kappa shape index (κ1) is 5.48. The number of nitrogens with one attached hydrogen (secondary N) is 1. The van der Waals surface area contributed by atoms with Crippen molar-refractivity contribution < 1.29 is 14.4 Å². The average molecular weight is 247 g/mol. The summed E-state index contributed by atoms with van der Waals surface area (Å²) < 4.78 is 54.4. The topological polar surface area (TPSA) is 58.1 Å². The summed E-state index contributed by atoms with van der Waals surface area (Å²) in [6.45, 7) is -2.83. The summed E-state index contributed by atoms with van der Waals surface area (Å²) in [6.07, 6.45) is 0.616. The van der Waals surface area contributed by atoms with Crippen molar-refractivity contribution in [1.82, 2.24) is 9.97 Å². The van der Waals surface area contributed by atoms with E-state index in [1.54, 1.807) is 0 Å². The lowest BCUT2D eigenvalue weighted by atomic mass is 10.2. The highest BCUT2D eigenvalue weighted by Gasteiger charge is 2.25. The molecule has 0 spiro atoms. The molecule has 0 bridgehead atoms. The van der Waals surface area contributed by atoms with E-state index in [0.717, 1.165) is 0 Å². The predicted octanol–water partition coefficient (Wildman–Crippen LogP) is 2.12. The van der Waals surface area contributed by atoms with E-state index in [-0.39, 0.29) is 23.2 Å². The molecular weight excluding hydrogens is 228 g/mol. The predicted molar refractivity (Wildman–Crippen MR) is 69.2 cm³/mol. The van der Waals surface area contributed by atoms with E-state index in [0.29, 0.717) is 5.31 Å². The van der Waals surface area contributed by atoms with E-state index in [2.05, 4.69) is 9.97 Å². The smallest absolute Gasteiger partial charge is 0.259 e. The number of fused-ring (bicyclic) bond motifs is 2. The Hall–Kier alpha value is -2.43. The Morgan fingerprint density at radius 2 is 2.39 bits per heavy atom. The first-order valence-corrected chi connectivity index (χ1v) is 5.09. The molecule has 5 nitrogen and oxygen atoms in total. The highest BCUT2D eigenvalue weighted by Crippen LogP contribution is 2.35. The fourth-order valence-corrected chi connectivity index (χ4v) is 1.74. The van der Waals surface area contributed by atoms with Crippen molar-refractivity contribution >= 4 is 23.2 Å². The first-order valence-electron chi connectivity index (χ1n) is 8.54. The number of anilines is 3. The SMILES string of the molecule is [2H]c1cnc2c(c1)C(=O)N([2H])c1c(nc([2H])c([2H])c1C([2H])([2H])[2H])N2C. The largest absolute Gasteiger partial charge is 0.318 e. The Balaban J connectivity index is 2.42. The number of nitrogens with zero attached hydrogens (tertiary/aromatic N) is 3. The molecule has 0 aliphatic carbocycles. The van der Waals surface area contributed by atoms with Gasteiger partial charge in [0.05, 0.1) is 15.4 Å². The average Bonchev–Trinajstić information content (AvgIpc) is 2.59. The van der Waals surface area contributed by atoms with Crippen LogP contribution >= 0.6 is 0 Å². The van der Waals surface area contributed by atoms with Crippen molar-refractivity contribution in [3.63, 3.8) is 0 Å². The van der Waals surface area contributed by atoms with Gasteiger partial charge in [-0.05, 0) is 30.6 Å². The van der Waals surface area contributed by atoms with Gasteiger partial charge in [0.2, 0.25) is 0 Å². The minimum absolute atomic E-state index is 0.0498. The maximum Gasteiger partial charge on any atom is 0.259 e. The Morgan fingerprint density at radius 1 is 1.50 bits per heavy atom. The van der Waals surface area contributed by atoms with Crippen molar-refractivity contribution in [2.45, 2.75) is 6.85 Å². The molecule has 0 aromatic carbocycles. The zero-order valence-corrected chi connectivity index (χ0v) is 9.35. The molecule has 0 saturated carbocycles. The van der Waals surface area contributed by atoms with Crippen molar-refractivity contribution in [3.8, 4) is 0 Å². The van der Waals surface area contributed by atoms with E-state index < -0.39 is 36.2 Å². The van der Waals surface area contributed by atoms with Gasteiger partial charge in [0, 0.05) is 23.5 Å². The fourth-order valence-electron chi connectivity index (χ4n) is 1.74. The van der Waals surface area contributed by atoms with Gasteiger partial charge in [0.25, 0.3) is 5.91 Å². The summed E-state index contributed by atoms with van der Waals surface area (Å²) in [5.74, 6) is -0.954. The molecule has 3 rings (SSSR count). The maximum atomic E-state index is 12.6. The van der Waals surface area contributed by atoms with E-state index >= 15 is 0 Å². The number of amides is 1. The zero-order chi connectivity index (χ0) is 18.7. The summed E-state index contributed by atoms with van der Waals surface area (Å²) in [4.78, 5) is 21.8. The van der Waals surface area contributed by atoms with Crippen LogP contribution in [0.25, 0.3) is 0 Å². The maximum absolute atomic E-state index is 12.6. The first-order chi connectivity index (χ1) is 11.5. The van der Waals surface area contributed by atoms with Gasteiger partial charge in [-0.25, -0.2) is 9.97 Å². The monoisotopic (exact) mass is 247 g/mol. The second-order valence-corrected chi connectivity index (χ2v) is 3.68. The number of hydrogen-bond donors (Lipinski definition) is 1. The van der Waals surface area contributed by atoms with Gasteiger partial charge in [0.15, 0.2) is 7.23 Å². The lowest BCUT2D eigenvalue weighted by molar-refractivity contribution is 0.102. The summed E-state index contributed by atoms with van der Waals surface area (Å²) in [5.41, 5.74) is -1.06. The van der Waals surface area contributed by atoms with Crippen LogP contribution in [-0.4, -0.2) is 22.9 Å². The van der Waals surface area contributed by atoms with Gasteiger partial charge in [-0.3, -0.25) is 4.79 Å². The van der Waals surface area contributed by atoms with Gasteiger partial charge in [-0.2, -0.15) is 0 Å². The Morgan fingerprint density at radius 3 is 3.22 bits per heavy atom. The van der Waals surface area contributed by atoms with E-state index in [1.165, 1.54) is 24.2 Å². The third-order valence-corrected chi connectivity index (χ3v) is 2.60. The zero-order valence-electron chi connectivity index (χ0n) is 16.4. The van der Waals surface area contributed by atoms with Crippen molar-refractivity contribution in [2.75, 3.05) is 17.3 Å². The second kappa shape index (κ2) is 3.80. The van der Waals surface area contributed by atoms with Crippen LogP contribution < -0.4 is 10.2 Å².